The SMILES string of the molecule is COc1nc2ccccc2cc1CN(Cc1ccco1)Cc1cc2cc(C)ccc2nc1Cl. The minimum Gasteiger partial charge on any atom is -0.481 e. The normalized spacial score (nSPS) is 11.5. The van der Waals surface area contributed by atoms with Crippen LogP contribution in [-0.2, 0) is 19.6 Å². The molecule has 0 saturated carbocycles. The number of furan rings is 1. The van der Waals surface area contributed by atoms with Crippen LogP contribution in [0.5, 0.6) is 5.88 Å². The quantitative estimate of drug-likeness (QED) is 0.259. The van der Waals surface area contributed by atoms with Crippen LogP contribution >= 0.6 is 11.6 Å². The van der Waals surface area contributed by atoms with Crippen molar-refractivity contribution >= 4 is 33.4 Å². The summed E-state index contributed by atoms with van der Waals surface area (Å²) in [5.41, 5.74) is 4.97. The zero-order chi connectivity index (χ0) is 22.8. The Bertz CT molecular complexity index is 1420. The highest BCUT2D eigenvalue weighted by molar-refractivity contribution is 6.30. The van der Waals surface area contributed by atoms with Gasteiger partial charge in [0.25, 0.3) is 0 Å². The van der Waals surface area contributed by atoms with Crippen molar-refractivity contribution in [3.05, 3.63) is 101 Å². The number of hydrogen-bond acceptors (Lipinski definition) is 5. The van der Waals surface area contributed by atoms with E-state index in [-0.39, 0.29) is 0 Å². The molecule has 0 unspecified atom stereocenters. The number of pyridine rings is 2. The van der Waals surface area contributed by atoms with E-state index in [1.165, 1.54) is 5.56 Å². The first kappa shape index (κ1) is 21.4. The topological polar surface area (TPSA) is 51.4 Å². The molecule has 5 rings (SSSR count). The monoisotopic (exact) mass is 457 g/mol. The molecule has 3 heterocycles. The van der Waals surface area contributed by atoms with Gasteiger partial charge in [0.05, 0.1) is 31.0 Å². The second-order valence-corrected chi connectivity index (χ2v) is 8.57. The molecule has 0 atom stereocenters. The van der Waals surface area contributed by atoms with Crippen molar-refractivity contribution in [2.75, 3.05) is 7.11 Å². The maximum Gasteiger partial charge on any atom is 0.218 e. The summed E-state index contributed by atoms with van der Waals surface area (Å²) in [6, 6.07) is 22.4. The Labute approximate surface area is 197 Å². The molecule has 5 aromatic rings. The Hall–Kier alpha value is -3.41. The van der Waals surface area contributed by atoms with E-state index in [2.05, 4.69) is 41.1 Å². The zero-order valence-corrected chi connectivity index (χ0v) is 19.3. The summed E-state index contributed by atoms with van der Waals surface area (Å²) in [4.78, 5) is 11.6. The molecule has 0 amide bonds. The van der Waals surface area contributed by atoms with Gasteiger partial charge in [-0.2, -0.15) is 0 Å². The third kappa shape index (κ3) is 4.70. The van der Waals surface area contributed by atoms with E-state index in [1.54, 1.807) is 13.4 Å². The lowest BCUT2D eigenvalue weighted by Crippen LogP contribution is -2.23. The summed E-state index contributed by atoms with van der Waals surface area (Å²) in [6.07, 6.45) is 1.69. The molecule has 0 fully saturated rings. The van der Waals surface area contributed by atoms with Gasteiger partial charge in [0.15, 0.2) is 0 Å². The van der Waals surface area contributed by atoms with Gasteiger partial charge in [0.1, 0.15) is 10.9 Å². The maximum absolute atomic E-state index is 6.61. The number of para-hydroxylation sites is 1. The van der Waals surface area contributed by atoms with Crippen LogP contribution in [0.2, 0.25) is 5.15 Å². The van der Waals surface area contributed by atoms with E-state index in [0.717, 1.165) is 38.7 Å². The summed E-state index contributed by atoms with van der Waals surface area (Å²) >= 11 is 6.61. The Morgan fingerprint density at radius 2 is 1.64 bits per heavy atom. The standard InChI is InChI=1S/C27H24ClN3O2/c1-18-9-10-25-20(12-18)14-21(26(28)29-25)15-31(17-23-7-5-11-33-23)16-22-13-19-6-3-4-8-24(19)30-27(22)32-2/h3-14H,15-17H2,1-2H3. The molecule has 3 aromatic heterocycles. The lowest BCUT2D eigenvalue weighted by molar-refractivity contribution is 0.223. The number of aromatic nitrogens is 2. The first-order valence-corrected chi connectivity index (χ1v) is 11.2. The first-order chi connectivity index (χ1) is 16.1. The van der Waals surface area contributed by atoms with Crippen LogP contribution in [0.15, 0.2) is 77.4 Å². The number of aryl methyl sites for hydroxylation is 1. The van der Waals surface area contributed by atoms with Crippen molar-refractivity contribution < 1.29 is 9.15 Å². The maximum atomic E-state index is 6.61. The van der Waals surface area contributed by atoms with Crippen LogP contribution < -0.4 is 4.74 Å². The second-order valence-electron chi connectivity index (χ2n) is 8.21. The molecule has 0 bridgehead atoms. The fraction of sp³-hybridized carbons (Fsp3) is 0.185. The number of rotatable bonds is 7. The van der Waals surface area contributed by atoms with Gasteiger partial charge in [0.2, 0.25) is 5.88 Å². The summed E-state index contributed by atoms with van der Waals surface area (Å²) in [6.45, 7) is 3.91. The molecule has 2 aromatic carbocycles. The van der Waals surface area contributed by atoms with Crippen LogP contribution in [-0.4, -0.2) is 22.0 Å². The Morgan fingerprint density at radius 1 is 0.848 bits per heavy atom. The van der Waals surface area contributed by atoms with Gasteiger partial charge in [-0.1, -0.05) is 41.4 Å². The largest absolute Gasteiger partial charge is 0.481 e. The predicted octanol–water partition coefficient (Wildman–Crippen LogP) is 6.55. The molecule has 166 valence electrons. The third-order valence-electron chi connectivity index (χ3n) is 5.70. The van der Waals surface area contributed by atoms with Crippen LogP contribution in [0, 0.1) is 6.92 Å². The van der Waals surface area contributed by atoms with Crippen LogP contribution in [0.1, 0.15) is 22.5 Å². The van der Waals surface area contributed by atoms with Crippen LogP contribution in [0.25, 0.3) is 21.8 Å². The number of benzene rings is 2. The molecule has 0 spiro atoms. The molecule has 0 aliphatic carbocycles. The third-order valence-corrected chi connectivity index (χ3v) is 6.03. The van der Waals surface area contributed by atoms with Gasteiger partial charge in [-0.15, -0.1) is 0 Å². The van der Waals surface area contributed by atoms with Crippen molar-refractivity contribution in [1.82, 2.24) is 14.9 Å². The van der Waals surface area contributed by atoms with Gasteiger partial charge < -0.3 is 9.15 Å². The highest BCUT2D eigenvalue weighted by atomic mass is 35.5. The summed E-state index contributed by atoms with van der Waals surface area (Å²) in [5.74, 6) is 1.50. The molecular weight excluding hydrogens is 434 g/mol. The summed E-state index contributed by atoms with van der Waals surface area (Å²) in [5, 5.41) is 2.67. The molecule has 0 N–H and O–H groups in total. The zero-order valence-electron chi connectivity index (χ0n) is 18.6. The van der Waals surface area contributed by atoms with Crippen LogP contribution in [0.4, 0.5) is 0 Å². The number of methoxy groups -OCH3 is 1. The molecule has 0 aliphatic heterocycles. The number of fused-ring (bicyclic) bond motifs is 2. The van der Waals surface area contributed by atoms with Gasteiger partial charge in [0, 0.05) is 35.0 Å². The van der Waals surface area contributed by atoms with Crippen LogP contribution in [0.3, 0.4) is 0 Å². The Kier molecular flexibility index (Phi) is 5.99. The second kappa shape index (κ2) is 9.22. The van der Waals surface area contributed by atoms with E-state index >= 15 is 0 Å². The average molecular weight is 458 g/mol. The number of nitrogens with zero attached hydrogens (tertiary/aromatic N) is 3. The Balaban J connectivity index is 1.51. The fourth-order valence-corrected chi connectivity index (χ4v) is 4.34. The van der Waals surface area contributed by atoms with E-state index in [9.17, 15) is 0 Å². The highest BCUT2D eigenvalue weighted by Crippen LogP contribution is 2.27. The number of halogens is 1. The molecule has 6 heteroatoms. The van der Waals surface area contributed by atoms with Crippen molar-refractivity contribution in [3.63, 3.8) is 0 Å². The van der Waals surface area contributed by atoms with E-state index in [1.807, 2.05) is 42.5 Å². The Morgan fingerprint density at radius 3 is 2.45 bits per heavy atom. The minimum atomic E-state index is 0.513. The van der Waals surface area contributed by atoms with Gasteiger partial charge in [-0.05, 0) is 49.4 Å². The number of hydrogen-bond donors (Lipinski definition) is 0. The molecule has 0 saturated heterocycles. The molecule has 33 heavy (non-hydrogen) atoms. The molecule has 5 nitrogen and oxygen atoms in total. The van der Waals surface area contributed by atoms with E-state index in [0.29, 0.717) is 30.7 Å². The average Bonchev–Trinajstić information content (AvgIpc) is 3.32. The van der Waals surface area contributed by atoms with Gasteiger partial charge >= 0.3 is 0 Å². The highest BCUT2D eigenvalue weighted by Gasteiger charge is 2.17. The van der Waals surface area contributed by atoms with Gasteiger partial charge in [-0.25, -0.2) is 9.97 Å². The first-order valence-electron chi connectivity index (χ1n) is 10.8. The fourth-order valence-electron chi connectivity index (χ4n) is 4.13. The minimum absolute atomic E-state index is 0.513. The summed E-state index contributed by atoms with van der Waals surface area (Å²) in [7, 11) is 1.66. The van der Waals surface area contributed by atoms with Crippen molar-refractivity contribution in [2.45, 2.75) is 26.6 Å². The lowest BCUT2D eigenvalue weighted by atomic mass is 10.1. The van der Waals surface area contributed by atoms with Crippen molar-refractivity contribution in [1.29, 1.82) is 0 Å². The molecule has 0 radical (unpaired) electrons. The van der Waals surface area contributed by atoms with E-state index in [4.69, 9.17) is 25.7 Å². The molecular formula is C27H24ClN3O2. The predicted molar refractivity (Wildman–Crippen MR) is 131 cm³/mol. The lowest BCUT2D eigenvalue weighted by Gasteiger charge is -2.23. The van der Waals surface area contributed by atoms with Crippen molar-refractivity contribution in [3.8, 4) is 5.88 Å². The number of ether oxygens (including phenoxy) is 1. The smallest absolute Gasteiger partial charge is 0.218 e. The van der Waals surface area contributed by atoms with Gasteiger partial charge in [-0.3, -0.25) is 4.90 Å². The van der Waals surface area contributed by atoms with E-state index < -0.39 is 0 Å². The molecule has 0 aliphatic rings. The van der Waals surface area contributed by atoms with Crippen molar-refractivity contribution in [2.24, 2.45) is 0 Å². The summed E-state index contributed by atoms with van der Waals surface area (Å²) < 4.78 is 11.3.